The Bertz CT molecular complexity index is 497. The smallest absolute Gasteiger partial charge is 0.119 e. The highest BCUT2D eigenvalue weighted by Crippen LogP contribution is 2.24. The van der Waals surface area contributed by atoms with Crippen molar-refractivity contribution in [3.8, 4) is 11.5 Å². The summed E-state index contributed by atoms with van der Waals surface area (Å²) < 4.78 is 10.8. The monoisotopic (exact) mass is 250 g/mol. The number of alkyl halides is 1. The van der Waals surface area contributed by atoms with E-state index in [1.165, 1.54) is 0 Å². The topological polar surface area (TPSA) is 18.5 Å². The van der Waals surface area contributed by atoms with Crippen molar-refractivity contribution >= 4 is 22.4 Å². The minimum atomic E-state index is 0.630. The summed E-state index contributed by atoms with van der Waals surface area (Å²) in [5.74, 6) is 2.38. The fourth-order valence-corrected chi connectivity index (χ4v) is 1.77. The number of hydrogen-bond acceptors (Lipinski definition) is 2. The molecule has 0 atom stereocenters. The second kappa shape index (κ2) is 5.78. The van der Waals surface area contributed by atoms with E-state index in [2.05, 4.69) is 0 Å². The molecule has 0 N–H and O–H groups in total. The lowest BCUT2D eigenvalue weighted by Gasteiger charge is -2.07. The van der Waals surface area contributed by atoms with E-state index in [4.69, 9.17) is 21.1 Å². The van der Waals surface area contributed by atoms with Crippen LogP contribution >= 0.6 is 11.6 Å². The van der Waals surface area contributed by atoms with Gasteiger partial charge in [0.1, 0.15) is 11.5 Å². The molecule has 0 aliphatic rings. The Morgan fingerprint density at radius 2 is 1.65 bits per heavy atom. The molecule has 0 saturated heterocycles. The van der Waals surface area contributed by atoms with E-state index in [0.29, 0.717) is 12.5 Å². The second-order valence-corrected chi connectivity index (χ2v) is 4.14. The van der Waals surface area contributed by atoms with Gasteiger partial charge >= 0.3 is 0 Å². The van der Waals surface area contributed by atoms with Crippen molar-refractivity contribution in [1.29, 1.82) is 0 Å². The van der Waals surface area contributed by atoms with Crippen LogP contribution in [0.15, 0.2) is 36.4 Å². The molecule has 0 amide bonds. The van der Waals surface area contributed by atoms with Gasteiger partial charge in [0.25, 0.3) is 0 Å². The molecule has 0 saturated carbocycles. The van der Waals surface area contributed by atoms with Crippen molar-refractivity contribution in [3.63, 3.8) is 0 Å². The predicted octanol–water partition coefficient (Wildman–Crippen LogP) is 3.86. The van der Waals surface area contributed by atoms with Crippen LogP contribution in [0.4, 0.5) is 0 Å². The Balaban J connectivity index is 2.19. The van der Waals surface area contributed by atoms with Gasteiger partial charge in [0.05, 0.1) is 13.7 Å². The average Bonchev–Trinajstić information content (AvgIpc) is 2.38. The van der Waals surface area contributed by atoms with E-state index < -0.39 is 0 Å². The van der Waals surface area contributed by atoms with E-state index in [0.717, 1.165) is 28.7 Å². The van der Waals surface area contributed by atoms with Gasteiger partial charge in [-0.05, 0) is 41.5 Å². The SMILES string of the molecule is COc1ccc2cc(OCCCCl)ccc2c1. The van der Waals surface area contributed by atoms with Crippen molar-refractivity contribution in [2.24, 2.45) is 0 Å². The summed E-state index contributed by atoms with van der Waals surface area (Å²) in [6.07, 6.45) is 0.863. The summed E-state index contributed by atoms with van der Waals surface area (Å²) >= 11 is 5.60. The first-order valence-electron chi connectivity index (χ1n) is 5.60. The molecule has 0 unspecified atom stereocenters. The zero-order valence-electron chi connectivity index (χ0n) is 9.78. The lowest BCUT2D eigenvalue weighted by molar-refractivity contribution is 0.319. The summed E-state index contributed by atoms with van der Waals surface area (Å²) in [7, 11) is 1.67. The molecule has 0 spiro atoms. The molecule has 2 aromatic carbocycles. The minimum absolute atomic E-state index is 0.630. The number of fused-ring (bicyclic) bond motifs is 1. The van der Waals surface area contributed by atoms with Crippen LogP contribution in [0, 0.1) is 0 Å². The largest absolute Gasteiger partial charge is 0.497 e. The van der Waals surface area contributed by atoms with Gasteiger partial charge in [-0.3, -0.25) is 0 Å². The highest BCUT2D eigenvalue weighted by Gasteiger charge is 1.99. The number of halogens is 1. The molecule has 0 aliphatic carbocycles. The molecule has 3 heteroatoms. The Labute approximate surface area is 106 Å². The van der Waals surface area contributed by atoms with Crippen LogP contribution in [0.1, 0.15) is 6.42 Å². The van der Waals surface area contributed by atoms with Crippen molar-refractivity contribution in [1.82, 2.24) is 0 Å². The third-order valence-corrected chi connectivity index (χ3v) is 2.83. The Morgan fingerprint density at radius 1 is 1.00 bits per heavy atom. The van der Waals surface area contributed by atoms with E-state index in [1.807, 2.05) is 36.4 Å². The number of methoxy groups -OCH3 is 1. The van der Waals surface area contributed by atoms with E-state index in [1.54, 1.807) is 7.11 Å². The molecule has 0 aliphatic heterocycles. The highest BCUT2D eigenvalue weighted by molar-refractivity contribution is 6.17. The second-order valence-electron chi connectivity index (χ2n) is 3.77. The maximum absolute atomic E-state index is 5.60. The van der Waals surface area contributed by atoms with Gasteiger partial charge in [0, 0.05) is 5.88 Å². The van der Waals surface area contributed by atoms with Crippen molar-refractivity contribution < 1.29 is 9.47 Å². The van der Waals surface area contributed by atoms with Crippen LogP contribution in [-0.4, -0.2) is 19.6 Å². The van der Waals surface area contributed by atoms with Crippen LogP contribution in [-0.2, 0) is 0 Å². The van der Waals surface area contributed by atoms with Crippen molar-refractivity contribution in [2.45, 2.75) is 6.42 Å². The molecule has 2 rings (SSSR count). The minimum Gasteiger partial charge on any atom is -0.497 e. The number of rotatable bonds is 5. The first kappa shape index (κ1) is 12.1. The molecule has 0 aromatic heterocycles. The molecular formula is C14H15ClO2. The fraction of sp³-hybridized carbons (Fsp3) is 0.286. The van der Waals surface area contributed by atoms with Gasteiger partial charge < -0.3 is 9.47 Å². The van der Waals surface area contributed by atoms with Gasteiger partial charge in [-0.15, -0.1) is 11.6 Å². The van der Waals surface area contributed by atoms with Crippen LogP contribution in [0.2, 0.25) is 0 Å². The molecule has 90 valence electrons. The molecule has 0 radical (unpaired) electrons. The first-order valence-corrected chi connectivity index (χ1v) is 6.13. The van der Waals surface area contributed by atoms with Crippen LogP contribution in [0.3, 0.4) is 0 Å². The molecular weight excluding hydrogens is 236 g/mol. The zero-order chi connectivity index (χ0) is 12.1. The van der Waals surface area contributed by atoms with Gasteiger partial charge in [0.2, 0.25) is 0 Å². The van der Waals surface area contributed by atoms with Crippen LogP contribution in [0.25, 0.3) is 10.8 Å². The van der Waals surface area contributed by atoms with Gasteiger partial charge in [0.15, 0.2) is 0 Å². The zero-order valence-corrected chi connectivity index (χ0v) is 10.5. The summed E-state index contributed by atoms with van der Waals surface area (Å²) in [5.41, 5.74) is 0. The summed E-state index contributed by atoms with van der Waals surface area (Å²) in [5, 5.41) is 2.29. The lowest BCUT2D eigenvalue weighted by atomic mass is 10.1. The highest BCUT2D eigenvalue weighted by atomic mass is 35.5. The Morgan fingerprint density at radius 3 is 2.29 bits per heavy atom. The van der Waals surface area contributed by atoms with Gasteiger partial charge in [-0.1, -0.05) is 12.1 Å². The van der Waals surface area contributed by atoms with E-state index in [-0.39, 0.29) is 0 Å². The Kier molecular flexibility index (Phi) is 4.10. The molecule has 2 nitrogen and oxygen atoms in total. The molecule has 0 bridgehead atoms. The van der Waals surface area contributed by atoms with Crippen molar-refractivity contribution in [3.05, 3.63) is 36.4 Å². The van der Waals surface area contributed by atoms with E-state index >= 15 is 0 Å². The molecule has 17 heavy (non-hydrogen) atoms. The Hall–Kier alpha value is -1.41. The van der Waals surface area contributed by atoms with Gasteiger partial charge in [-0.2, -0.15) is 0 Å². The third kappa shape index (κ3) is 3.04. The number of ether oxygens (including phenoxy) is 2. The third-order valence-electron chi connectivity index (χ3n) is 2.57. The summed E-state index contributed by atoms with van der Waals surface area (Å²) in [6, 6.07) is 12.0. The molecule has 0 heterocycles. The first-order chi connectivity index (χ1) is 8.33. The number of hydrogen-bond donors (Lipinski definition) is 0. The fourth-order valence-electron chi connectivity index (χ4n) is 1.66. The molecule has 2 aromatic rings. The molecule has 0 fully saturated rings. The number of benzene rings is 2. The van der Waals surface area contributed by atoms with Crippen LogP contribution < -0.4 is 9.47 Å². The van der Waals surface area contributed by atoms with Gasteiger partial charge in [-0.25, -0.2) is 0 Å². The summed E-state index contributed by atoms with van der Waals surface area (Å²) in [6.45, 7) is 0.658. The van der Waals surface area contributed by atoms with Crippen molar-refractivity contribution in [2.75, 3.05) is 19.6 Å². The maximum Gasteiger partial charge on any atom is 0.119 e. The summed E-state index contributed by atoms with van der Waals surface area (Å²) in [4.78, 5) is 0. The maximum atomic E-state index is 5.60. The predicted molar refractivity (Wildman–Crippen MR) is 71.3 cm³/mol. The quantitative estimate of drug-likeness (QED) is 0.593. The van der Waals surface area contributed by atoms with Crippen LogP contribution in [0.5, 0.6) is 11.5 Å². The standard InChI is InChI=1S/C14H15ClO2/c1-16-13-5-3-12-10-14(17-8-2-7-15)6-4-11(12)9-13/h3-6,9-10H,2,7-8H2,1H3. The normalized spacial score (nSPS) is 10.5. The average molecular weight is 251 g/mol. The lowest BCUT2D eigenvalue weighted by Crippen LogP contribution is -1.97. The van der Waals surface area contributed by atoms with E-state index in [9.17, 15) is 0 Å².